The van der Waals surface area contributed by atoms with Crippen molar-refractivity contribution in [1.29, 1.82) is 0 Å². The van der Waals surface area contributed by atoms with Gasteiger partial charge in [-0.15, -0.1) is 0 Å². The third kappa shape index (κ3) is 2.58. The number of nitrogens with zero attached hydrogens (tertiary/aromatic N) is 3. The van der Waals surface area contributed by atoms with Gasteiger partial charge in [0.1, 0.15) is 11.3 Å². The van der Waals surface area contributed by atoms with Gasteiger partial charge in [-0.2, -0.15) is 5.10 Å². The summed E-state index contributed by atoms with van der Waals surface area (Å²) < 4.78 is 1.52. The van der Waals surface area contributed by atoms with Crippen LogP contribution in [-0.2, 0) is 7.05 Å². The fraction of sp³-hybridized carbons (Fsp3) is 0.167. The minimum absolute atomic E-state index is 0.0208. The number of para-hydroxylation sites is 1. The molecule has 20 heavy (non-hydrogen) atoms. The van der Waals surface area contributed by atoms with Crippen molar-refractivity contribution in [3.63, 3.8) is 0 Å². The van der Waals surface area contributed by atoms with Crippen molar-refractivity contribution in [3.05, 3.63) is 46.1 Å². The minimum atomic E-state index is -0.584. The van der Waals surface area contributed by atoms with E-state index in [0.717, 1.165) is 0 Å². The van der Waals surface area contributed by atoms with E-state index in [1.165, 1.54) is 16.8 Å². The number of aryl methyl sites for hydroxylation is 1. The first kappa shape index (κ1) is 13.5. The fourth-order valence-electron chi connectivity index (χ4n) is 1.79. The molecule has 1 heterocycles. The van der Waals surface area contributed by atoms with E-state index in [0.29, 0.717) is 5.82 Å². The van der Waals surface area contributed by atoms with Gasteiger partial charge < -0.3 is 10.6 Å². The molecule has 0 fully saturated rings. The van der Waals surface area contributed by atoms with Crippen LogP contribution in [0.25, 0.3) is 0 Å². The number of aromatic nitrogens is 2. The Kier molecular flexibility index (Phi) is 3.65. The second-order valence-electron chi connectivity index (χ2n) is 4.04. The molecule has 2 N–H and O–H groups in total. The van der Waals surface area contributed by atoms with Gasteiger partial charge in [-0.1, -0.05) is 6.07 Å². The first-order valence-corrected chi connectivity index (χ1v) is 5.79. The van der Waals surface area contributed by atoms with Crippen LogP contribution in [0.15, 0.2) is 30.5 Å². The number of rotatable bonds is 4. The Morgan fingerprint density at radius 1 is 1.40 bits per heavy atom. The molecule has 0 aliphatic rings. The van der Waals surface area contributed by atoms with Crippen LogP contribution in [0.3, 0.4) is 0 Å². The smallest absolute Gasteiger partial charge is 0.305 e. The highest BCUT2D eigenvalue weighted by molar-refractivity contribution is 6.08. The van der Waals surface area contributed by atoms with Gasteiger partial charge in [0.25, 0.3) is 5.91 Å². The normalized spacial score (nSPS) is 10.1. The Morgan fingerprint density at radius 3 is 2.70 bits per heavy atom. The minimum Gasteiger partial charge on any atom is -0.383 e. The van der Waals surface area contributed by atoms with Crippen LogP contribution < -0.4 is 10.6 Å². The highest BCUT2D eigenvalue weighted by Crippen LogP contribution is 2.28. The van der Waals surface area contributed by atoms with Crippen molar-refractivity contribution in [2.75, 3.05) is 17.7 Å². The van der Waals surface area contributed by atoms with Crippen molar-refractivity contribution < 1.29 is 9.72 Å². The standard InChI is InChI=1S/C12H13N5O3/c1-13-9-5-3-4-8(11(9)17(19)20)12(18)14-10-6-7-16(2)15-10/h3-7,13H,1-2H3,(H,14,15,18). The van der Waals surface area contributed by atoms with Crippen LogP contribution in [0.1, 0.15) is 10.4 Å². The largest absolute Gasteiger partial charge is 0.383 e. The van der Waals surface area contributed by atoms with E-state index < -0.39 is 10.8 Å². The van der Waals surface area contributed by atoms with Crippen LogP contribution in [0.4, 0.5) is 17.2 Å². The average Bonchev–Trinajstić information content (AvgIpc) is 2.82. The maximum Gasteiger partial charge on any atom is 0.305 e. The summed E-state index contributed by atoms with van der Waals surface area (Å²) in [7, 11) is 3.27. The van der Waals surface area contributed by atoms with E-state index in [2.05, 4.69) is 15.7 Å². The fourth-order valence-corrected chi connectivity index (χ4v) is 1.79. The van der Waals surface area contributed by atoms with Gasteiger partial charge in [-0.3, -0.25) is 19.6 Å². The highest BCUT2D eigenvalue weighted by atomic mass is 16.6. The van der Waals surface area contributed by atoms with Gasteiger partial charge >= 0.3 is 5.69 Å². The highest BCUT2D eigenvalue weighted by Gasteiger charge is 2.24. The molecule has 0 bridgehead atoms. The number of anilines is 2. The molecular formula is C12H13N5O3. The first-order valence-electron chi connectivity index (χ1n) is 5.79. The number of carbonyl (C=O) groups excluding carboxylic acids is 1. The Balaban J connectivity index is 2.36. The summed E-state index contributed by atoms with van der Waals surface area (Å²) in [6, 6.07) is 6.12. The third-order valence-electron chi connectivity index (χ3n) is 2.69. The van der Waals surface area contributed by atoms with Crippen molar-refractivity contribution >= 4 is 23.1 Å². The van der Waals surface area contributed by atoms with Crippen LogP contribution in [0.2, 0.25) is 0 Å². The Hall–Kier alpha value is -2.90. The summed E-state index contributed by atoms with van der Waals surface area (Å²) in [6.45, 7) is 0. The predicted molar refractivity (Wildman–Crippen MR) is 73.8 cm³/mol. The molecule has 2 aromatic rings. The summed E-state index contributed by atoms with van der Waals surface area (Å²) in [4.78, 5) is 22.7. The molecule has 1 amide bonds. The molecule has 0 aliphatic heterocycles. The van der Waals surface area contributed by atoms with Crippen LogP contribution in [-0.4, -0.2) is 27.7 Å². The molecule has 8 heteroatoms. The zero-order valence-corrected chi connectivity index (χ0v) is 11.0. The van der Waals surface area contributed by atoms with E-state index in [-0.39, 0.29) is 16.9 Å². The summed E-state index contributed by atoms with van der Waals surface area (Å²) in [5, 5.41) is 20.3. The molecule has 104 valence electrons. The lowest BCUT2D eigenvalue weighted by atomic mass is 10.1. The molecule has 0 unspecified atom stereocenters. The summed E-state index contributed by atoms with van der Waals surface area (Å²) in [5.41, 5.74) is -0.000366. The van der Waals surface area contributed by atoms with E-state index in [1.54, 1.807) is 32.4 Å². The number of amides is 1. The lowest BCUT2D eigenvalue weighted by Gasteiger charge is -2.07. The maximum atomic E-state index is 12.1. The van der Waals surface area contributed by atoms with Crippen LogP contribution >= 0.6 is 0 Å². The van der Waals surface area contributed by atoms with Crippen molar-refractivity contribution in [3.8, 4) is 0 Å². The Bertz CT molecular complexity index is 665. The van der Waals surface area contributed by atoms with E-state index in [9.17, 15) is 14.9 Å². The monoisotopic (exact) mass is 275 g/mol. The van der Waals surface area contributed by atoms with Gasteiger partial charge in [0.05, 0.1) is 4.92 Å². The zero-order chi connectivity index (χ0) is 14.7. The zero-order valence-electron chi connectivity index (χ0n) is 11.0. The lowest BCUT2D eigenvalue weighted by molar-refractivity contribution is -0.384. The molecule has 1 aromatic carbocycles. The topological polar surface area (TPSA) is 102 Å². The van der Waals surface area contributed by atoms with Gasteiger partial charge in [0, 0.05) is 26.4 Å². The predicted octanol–water partition coefficient (Wildman–Crippen LogP) is 1.62. The summed E-state index contributed by atoms with van der Waals surface area (Å²) >= 11 is 0. The van der Waals surface area contributed by atoms with Crippen LogP contribution in [0.5, 0.6) is 0 Å². The van der Waals surface area contributed by atoms with Crippen molar-refractivity contribution in [2.24, 2.45) is 7.05 Å². The van der Waals surface area contributed by atoms with E-state index >= 15 is 0 Å². The van der Waals surface area contributed by atoms with Crippen molar-refractivity contribution in [2.45, 2.75) is 0 Å². The Morgan fingerprint density at radius 2 is 2.15 bits per heavy atom. The number of hydrogen-bond donors (Lipinski definition) is 2. The summed E-state index contributed by atoms with van der Waals surface area (Å²) in [5.74, 6) is -0.242. The number of hydrogen-bond acceptors (Lipinski definition) is 5. The molecule has 0 aliphatic carbocycles. The third-order valence-corrected chi connectivity index (χ3v) is 2.69. The quantitative estimate of drug-likeness (QED) is 0.652. The molecule has 0 atom stereocenters. The molecular weight excluding hydrogens is 262 g/mol. The second-order valence-corrected chi connectivity index (χ2v) is 4.04. The van der Waals surface area contributed by atoms with Gasteiger partial charge in [0.15, 0.2) is 5.82 Å². The number of carbonyl (C=O) groups is 1. The second kappa shape index (κ2) is 5.39. The van der Waals surface area contributed by atoms with Gasteiger partial charge in [-0.25, -0.2) is 0 Å². The number of nitro groups is 1. The first-order chi connectivity index (χ1) is 9.52. The van der Waals surface area contributed by atoms with Gasteiger partial charge in [0.2, 0.25) is 0 Å². The SMILES string of the molecule is CNc1cccc(C(=O)Nc2ccn(C)n2)c1[N+](=O)[O-]. The maximum absolute atomic E-state index is 12.1. The number of nitrogens with one attached hydrogen (secondary N) is 2. The molecule has 1 aromatic heterocycles. The van der Waals surface area contributed by atoms with Gasteiger partial charge in [-0.05, 0) is 12.1 Å². The lowest BCUT2D eigenvalue weighted by Crippen LogP contribution is -2.15. The molecule has 2 rings (SSSR count). The molecule has 0 saturated carbocycles. The van der Waals surface area contributed by atoms with E-state index in [1.807, 2.05) is 0 Å². The number of benzene rings is 1. The summed E-state index contributed by atoms with van der Waals surface area (Å²) in [6.07, 6.45) is 1.66. The molecule has 0 saturated heterocycles. The van der Waals surface area contributed by atoms with Crippen LogP contribution in [0, 0.1) is 10.1 Å². The van der Waals surface area contributed by atoms with Crippen molar-refractivity contribution in [1.82, 2.24) is 9.78 Å². The molecule has 0 spiro atoms. The van der Waals surface area contributed by atoms with E-state index in [4.69, 9.17) is 0 Å². The average molecular weight is 275 g/mol. The number of nitro benzene ring substituents is 1. The molecule has 0 radical (unpaired) electrons. The Labute approximate surface area is 114 Å². The molecule has 8 nitrogen and oxygen atoms in total.